The minimum absolute atomic E-state index is 0.208. The number of rotatable bonds is 7. The summed E-state index contributed by atoms with van der Waals surface area (Å²) in [5.41, 5.74) is 7.54. The Bertz CT molecular complexity index is 1660. The molecule has 0 amide bonds. The van der Waals surface area contributed by atoms with E-state index in [1.165, 1.54) is 18.2 Å². The number of aryl methyl sites for hydroxylation is 4. The highest BCUT2D eigenvalue weighted by Crippen LogP contribution is 2.37. The highest BCUT2D eigenvalue weighted by molar-refractivity contribution is 5.68. The molecule has 0 unspecified atom stereocenters. The Morgan fingerprint density at radius 1 is 0.512 bits per heavy atom. The van der Waals surface area contributed by atoms with Crippen LogP contribution < -0.4 is 14.2 Å². The van der Waals surface area contributed by atoms with Crippen molar-refractivity contribution in [2.24, 2.45) is 0 Å². The lowest BCUT2D eigenvalue weighted by atomic mass is 9.77. The molecule has 0 fully saturated rings. The second-order valence-corrected chi connectivity index (χ2v) is 12.1. The van der Waals surface area contributed by atoms with Crippen molar-refractivity contribution in [2.75, 3.05) is 7.11 Å². The van der Waals surface area contributed by atoms with E-state index in [1.54, 1.807) is 12.1 Å². The van der Waals surface area contributed by atoms with Gasteiger partial charge in [-0.1, -0.05) is 93.9 Å². The van der Waals surface area contributed by atoms with Crippen LogP contribution in [0.5, 0.6) is 17.2 Å². The molecule has 4 rings (SSSR count). The minimum atomic E-state index is -0.791. The number of hydrogen-bond acceptors (Lipinski definition) is 6. The van der Waals surface area contributed by atoms with E-state index < -0.39 is 12.3 Å². The molecule has 4 aromatic carbocycles. The molecule has 0 aliphatic rings. The Morgan fingerprint density at radius 3 is 1.23 bits per heavy atom. The van der Waals surface area contributed by atoms with Crippen molar-refractivity contribution in [3.63, 3.8) is 0 Å². The van der Waals surface area contributed by atoms with E-state index in [1.807, 2.05) is 57.2 Å². The average Bonchev–Trinajstić information content (AvgIpc) is 2.96. The predicted octanol–water partition coefficient (Wildman–Crippen LogP) is 9.30. The summed E-state index contributed by atoms with van der Waals surface area (Å²) in [5.74, 6) is 1.33. The van der Waals surface area contributed by atoms with Gasteiger partial charge in [0, 0.05) is 10.8 Å². The number of methoxy groups -OCH3 is 1. The molecule has 0 aliphatic heterocycles. The van der Waals surface area contributed by atoms with Crippen molar-refractivity contribution in [1.82, 2.24) is 0 Å². The first-order valence-electron chi connectivity index (χ1n) is 14.3. The first kappa shape index (κ1) is 31.4. The van der Waals surface area contributed by atoms with Gasteiger partial charge >= 0.3 is 12.3 Å². The number of carbonyl (C=O) groups is 2. The molecule has 4 aromatic rings. The third-order valence-electron chi connectivity index (χ3n) is 8.18. The molecule has 0 saturated carbocycles. The van der Waals surface area contributed by atoms with Gasteiger partial charge in [-0.05, 0) is 84.8 Å². The van der Waals surface area contributed by atoms with Crippen molar-refractivity contribution in [3.05, 3.63) is 123 Å². The first-order valence-corrected chi connectivity index (χ1v) is 14.3. The second-order valence-electron chi connectivity index (χ2n) is 12.1. The van der Waals surface area contributed by atoms with E-state index in [2.05, 4.69) is 69.7 Å². The van der Waals surface area contributed by atoms with Crippen molar-refractivity contribution >= 4 is 12.3 Å². The van der Waals surface area contributed by atoms with Gasteiger partial charge in [0.25, 0.3) is 0 Å². The van der Waals surface area contributed by atoms with E-state index in [0.717, 1.165) is 33.4 Å². The molecule has 0 aliphatic carbocycles. The maximum Gasteiger partial charge on any atom is 0.519 e. The Morgan fingerprint density at radius 2 is 0.884 bits per heavy atom. The molecule has 0 saturated heterocycles. The average molecular weight is 581 g/mol. The van der Waals surface area contributed by atoms with Crippen LogP contribution in [0.1, 0.15) is 72.2 Å². The largest absolute Gasteiger partial charge is 0.519 e. The quantitative estimate of drug-likeness (QED) is 0.160. The van der Waals surface area contributed by atoms with Gasteiger partial charge in [0.2, 0.25) is 0 Å². The van der Waals surface area contributed by atoms with Crippen LogP contribution in [-0.2, 0) is 15.6 Å². The Kier molecular flexibility index (Phi) is 9.00. The molecule has 6 heteroatoms. The summed E-state index contributed by atoms with van der Waals surface area (Å²) < 4.78 is 21.0. The molecule has 6 nitrogen and oxygen atoms in total. The normalized spacial score (nSPS) is 11.6. The third-order valence-corrected chi connectivity index (χ3v) is 8.18. The van der Waals surface area contributed by atoms with Crippen molar-refractivity contribution in [1.29, 1.82) is 0 Å². The maximum absolute atomic E-state index is 12.8. The van der Waals surface area contributed by atoms with Gasteiger partial charge in [-0.3, -0.25) is 0 Å². The molecule has 0 N–H and O–H groups in total. The number of hydrogen-bond donors (Lipinski definition) is 0. The highest BCUT2D eigenvalue weighted by Gasteiger charge is 2.26. The van der Waals surface area contributed by atoms with Crippen LogP contribution >= 0.6 is 0 Å². The second kappa shape index (κ2) is 12.3. The molecule has 0 aromatic heterocycles. The highest BCUT2D eigenvalue weighted by atomic mass is 16.7. The van der Waals surface area contributed by atoms with Gasteiger partial charge < -0.3 is 18.9 Å². The molecule has 43 heavy (non-hydrogen) atoms. The van der Waals surface area contributed by atoms with Crippen LogP contribution in [0.2, 0.25) is 0 Å². The van der Waals surface area contributed by atoms with Gasteiger partial charge in [0.05, 0.1) is 7.11 Å². The summed E-state index contributed by atoms with van der Waals surface area (Å²) >= 11 is 0. The predicted molar refractivity (Wildman–Crippen MR) is 169 cm³/mol. The molecule has 0 spiro atoms. The number of ether oxygens (including phenoxy) is 4. The lowest BCUT2D eigenvalue weighted by molar-refractivity contribution is 0.121. The fourth-order valence-electron chi connectivity index (χ4n) is 5.16. The van der Waals surface area contributed by atoms with E-state index in [0.29, 0.717) is 17.2 Å². The third kappa shape index (κ3) is 6.91. The Balaban J connectivity index is 1.47. The topological polar surface area (TPSA) is 71.1 Å². The summed E-state index contributed by atoms with van der Waals surface area (Å²) in [6.45, 7) is 16.4. The first-order chi connectivity index (χ1) is 20.2. The van der Waals surface area contributed by atoms with Gasteiger partial charge in [-0.2, -0.15) is 0 Å². The van der Waals surface area contributed by atoms with Gasteiger partial charge in [0.1, 0.15) is 17.2 Å². The summed E-state index contributed by atoms with van der Waals surface area (Å²) in [5, 5.41) is 0. The number of carbonyl (C=O) groups excluding carboxylic acids is 2. The molecule has 224 valence electrons. The zero-order valence-corrected chi connectivity index (χ0v) is 26.5. The summed E-state index contributed by atoms with van der Waals surface area (Å²) in [6, 6.07) is 25.8. The van der Waals surface area contributed by atoms with Crippen LogP contribution in [0.4, 0.5) is 9.59 Å². The fourth-order valence-corrected chi connectivity index (χ4v) is 5.16. The Labute approximate surface area is 254 Å². The van der Waals surface area contributed by atoms with E-state index in [-0.39, 0.29) is 10.8 Å². The maximum atomic E-state index is 12.8. The van der Waals surface area contributed by atoms with Gasteiger partial charge in [-0.15, -0.1) is 0 Å². The van der Waals surface area contributed by atoms with Gasteiger partial charge in [0.15, 0.2) is 0 Å². The monoisotopic (exact) mass is 580 g/mol. The van der Waals surface area contributed by atoms with Crippen LogP contribution in [0.3, 0.4) is 0 Å². The zero-order valence-electron chi connectivity index (χ0n) is 26.5. The summed E-state index contributed by atoms with van der Waals surface area (Å²) in [4.78, 5) is 24.3. The minimum Gasteiger partial charge on any atom is -0.437 e. The van der Waals surface area contributed by atoms with E-state index >= 15 is 0 Å². The van der Waals surface area contributed by atoms with Crippen LogP contribution in [-0.4, -0.2) is 19.4 Å². The molecule has 0 atom stereocenters. The molecular formula is C37H40O6. The lowest BCUT2D eigenvalue weighted by Gasteiger charge is -2.27. The molecule has 0 radical (unpaired) electrons. The number of benzene rings is 4. The van der Waals surface area contributed by atoms with Crippen molar-refractivity contribution in [2.45, 2.75) is 66.2 Å². The molecule has 0 bridgehead atoms. The van der Waals surface area contributed by atoms with E-state index in [9.17, 15) is 9.59 Å². The SMILES string of the molecule is COC(=O)Oc1ccc(C(C)(C)c2ccc(OC(=O)Oc3ccc(C(C)(C)c4cccc(C)c4)cc3C)c(C)c2)cc1C. The molecular weight excluding hydrogens is 540 g/mol. The standard InChI is InChI=1S/C37H40O6/c1-23-11-10-12-27(19-23)36(5,6)28-14-17-32(25(3)21-28)42-35(39)43-33-18-15-30(22-26(33)4)37(7,8)29-13-16-31(24(2)20-29)41-34(38)40-9/h10-22H,1-9H3. The smallest absolute Gasteiger partial charge is 0.437 e. The summed E-state index contributed by atoms with van der Waals surface area (Å²) in [7, 11) is 1.27. The zero-order chi connectivity index (χ0) is 31.5. The molecule has 0 heterocycles. The van der Waals surface area contributed by atoms with Crippen LogP contribution in [0.25, 0.3) is 0 Å². The van der Waals surface area contributed by atoms with Crippen LogP contribution in [0.15, 0.2) is 78.9 Å². The van der Waals surface area contributed by atoms with Crippen molar-refractivity contribution < 1.29 is 28.5 Å². The fraction of sp³-hybridized carbons (Fsp3) is 0.297. The van der Waals surface area contributed by atoms with Gasteiger partial charge in [-0.25, -0.2) is 9.59 Å². The lowest BCUT2D eigenvalue weighted by Crippen LogP contribution is -2.20. The Hall–Kier alpha value is -4.58. The van der Waals surface area contributed by atoms with Crippen LogP contribution in [0, 0.1) is 27.7 Å². The van der Waals surface area contributed by atoms with Crippen molar-refractivity contribution in [3.8, 4) is 17.2 Å². The van der Waals surface area contributed by atoms with E-state index in [4.69, 9.17) is 14.2 Å². The summed E-state index contributed by atoms with van der Waals surface area (Å²) in [6.07, 6.45) is -1.55.